The number of amides is 2. The Morgan fingerprint density at radius 3 is 1.83 bits per heavy atom. The van der Waals surface area contributed by atoms with Crippen LogP contribution in [-0.4, -0.2) is 44.0 Å². The summed E-state index contributed by atoms with van der Waals surface area (Å²) in [5.41, 5.74) is -0.422. The number of carbonyl (C=O) groups excluding carboxylic acids is 1. The van der Waals surface area contributed by atoms with Crippen molar-refractivity contribution in [1.29, 1.82) is 0 Å². The highest BCUT2D eigenvalue weighted by Crippen LogP contribution is 2.39. The lowest BCUT2D eigenvalue weighted by atomic mass is 10.1. The van der Waals surface area contributed by atoms with Crippen LogP contribution < -0.4 is 29.6 Å². The Kier molecular flexibility index (Phi) is 6.76. The lowest BCUT2D eigenvalue weighted by Gasteiger charge is -2.21. The average Bonchev–Trinajstić information content (AvgIpc) is 2.68. The summed E-state index contributed by atoms with van der Waals surface area (Å²) in [4.78, 5) is 23.4. The van der Waals surface area contributed by atoms with Gasteiger partial charge >= 0.3 is 12.0 Å². The Bertz CT molecular complexity index is 854. The molecule has 156 valence electrons. The molecular formula is C20H24N2O7. The van der Waals surface area contributed by atoms with Gasteiger partial charge in [-0.25, -0.2) is 9.59 Å². The van der Waals surface area contributed by atoms with E-state index in [2.05, 4.69) is 10.6 Å². The molecule has 0 spiro atoms. The summed E-state index contributed by atoms with van der Waals surface area (Å²) >= 11 is 0. The minimum atomic E-state index is -1.36. The normalized spacial score (nSPS) is 10.7. The van der Waals surface area contributed by atoms with E-state index in [4.69, 9.17) is 24.1 Å². The predicted molar refractivity (Wildman–Crippen MR) is 108 cm³/mol. The van der Waals surface area contributed by atoms with Crippen LogP contribution >= 0.6 is 0 Å². The second kappa shape index (κ2) is 9.05. The zero-order chi connectivity index (χ0) is 21.6. The number of hydrogen-bond acceptors (Lipinski definition) is 6. The number of carboxylic acid groups (broad SMARTS) is 1. The first-order valence-electron chi connectivity index (χ1n) is 8.60. The van der Waals surface area contributed by atoms with Crippen LogP contribution in [0.2, 0.25) is 0 Å². The number of anilines is 2. The van der Waals surface area contributed by atoms with Gasteiger partial charge in [-0.2, -0.15) is 0 Å². The second-order valence-corrected chi connectivity index (χ2v) is 6.44. The number of ether oxygens (including phenoxy) is 4. The molecule has 0 unspecified atom stereocenters. The Morgan fingerprint density at radius 2 is 1.38 bits per heavy atom. The summed E-state index contributed by atoms with van der Waals surface area (Å²) < 4.78 is 21.2. The Labute approximate surface area is 168 Å². The van der Waals surface area contributed by atoms with E-state index in [0.29, 0.717) is 34.4 Å². The van der Waals surface area contributed by atoms with E-state index < -0.39 is 17.6 Å². The van der Waals surface area contributed by atoms with Crippen molar-refractivity contribution in [3.05, 3.63) is 36.4 Å². The van der Waals surface area contributed by atoms with E-state index in [-0.39, 0.29) is 0 Å². The number of urea groups is 1. The summed E-state index contributed by atoms with van der Waals surface area (Å²) in [5, 5.41) is 14.5. The number of hydrogen-bond donors (Lipinski definition) is 3. The molecule has 0 heterocycles. The van der Waals surface area contributed by atoms with Crippen molar-refractivity contribution < 1.29 is 33.6 Å². The topological polar surface area (TPSA) is 115 Å². The van der Waals surface area contributed by atoms with Crippen molar-refractivity contribution in [2.75, 3.05) is 32.0 Å². The minimum Gasteiger partial charge on any atom is -0.493 e. The molecule has 0 aliphatic heterocycles. The molecule has 29 heavy (non-hydrogen) atoms. The van der Waals surface area contributed by atoms with Gasteiger partial charge in [-0.05, 0) is 38.1 Å². The highest BCUT2D eigenvalue weighted by atomic mass is 16.5. The standard InChI is InChI=1S/C20H24N2O7/c1-20(2,18(23)24)29-14-8-6-12(7-9-14)21-19(25)22-13-10-15(26-3)17(28-5)16(11-13)27-4/h6-11H,1-5H3,(H,23,24)(H2,21,22,25). The van der Waals surface area contributed by atoms with Gasteiger partial charge in [-0.15, -0.1) is 0 Å². The third kappa shape index (κ3) is 5.44. The monoisotopic (exact) mass is 404 g/mol. The van der Waals surface area contributed by atoms with Crippen LogP contribution in [-0.2, 0) is 4.79 Å². The van der Waals surface area contributed by atoms with Crippen molar-refractivity contribution in [1.82, 2.24) is 0 Å². The maximum absolute atomic E-state index is 12.3. The van der Waals surface area contributed by atoms with Gasteiger partial charge in [-0.1, -0.05) is 0 Å². The molecule has 0 aliphatic rings. The molecule has 3 N–H and O–H groups in total. The smallest absolute Gasteiger partial charge is 0.347 e. The average molecular weight is 404 g/mol. The van der Waals surface area contributed by atoms with Crippen LogP contribution in [0.15, 0.2) is 36.4 Å². The number of carboxylic acids is 1. The number of nitrogens with one attached hydrogen (secondary N) is 2. The van der Waals surface area contributed by atoms with Crippen LogP contribution in [0.1, 0.15) is 13.8 Å². The molecular weight excluding hydrogens is 380 g/mol. The fraction of sp³-hybridized carbons (Fsp3) is 0.300. The molecule has 0 saturated carbocycles. The molecule has 2 aromatic rings. The van der Waals surface area contributed by atoms with Crippen molar-refractivity contribution in [2.24, 2.45) is 0 Å². The van der Waals surface area contributed by atoms with Gasteiger partial charge in [0.2, 0.25) is 5.75 Å². The summed E-state index contributed by atoms with van der Waals surface area (Å²) in [6.07, 6.45) is 0. The third-order valence-electron chi connectivity index (χ3n) is 3.92. The largest absolute Gasteiger partial charge is 0.493 e. The van der Waals surface area contributed by atoms with E-state index in [1.54, 1.807) is 36.4 Å². The van der Waals surface area contributed by atoms with Gasteiger partial charge in [0, 0.05) is 17.8 Å². The second-order valence-electron chi connectivity index (χ2n) is 6.44. The first-order chi connectivity index (χ1) is 13.7. The number of aliphatic carboxylic acids is 1. The van der Waals surface area contributed by atoms with Gasteiger partial charge < -0.3 is 34.7 Å². The molecule has 2 amide bonds. The predicted octanol–water partition coefficient (Wildman–Crippen LogP) is 3.60. The third-order valence-corrected chi connectivity index (χ3v) is 3.92. The van der Waals surface area contributed by atoms with Crippen LogP contribution in [0.3, 0.4) is 0 Å². The molecule has 2 aromatic carbocycles. The molecule has 0 aromatic heterocycles. The van der Waals surface area contributed by atoms with Gasteiger partial charge in [0.05, 0.1) is 27.0 Å². The van der Waals surface area contributed by atoms with Crippen LogP contribution in [0.4, 0.5) is 16.2 Å². The van der Waals surface area contributed by atoms with E-state index in [0.717, 1.165) is 0 Å². The van der Waals surface area contributed by atoms with Gasteiger partial charge in [-0.3, -0.25) is 0 Å². The van der Waals surface area contributed by atoms with Gasteiger partial charge in [0.25, 0.3) is 0 Å². The quantitative estimate of drug-likeness (QED) is 0.616. The van der Waals surface area contributed by atoms with Gasteiger partial charge in [0.1, 0.15) is 5.75 Å². The number of carbonyl (C=O) groups is 2. The van der Waals surface area contributed by atoms with E-state index in [9.17, 15) is 9.59 Å². The Hall–Kier alpha value is -3.62. The summed E-state index contributed by atoms with van der Waals surface area (Å²) in [7, 11) is 4.46. The Balaban J connectivity index is 2.07. The molecule has 0 radical (unpaired) electrons. The summed E-state index contributed by atoms with van der Waals surface area (Å²) in [5.74, 6) is 0.521. The lowest BCUT2D eigenvalue weighted by Crippen LogP contribution is -2.37. The van der Waals surface area contributed by atoms with Gasteiger partial charge in [0.15, 0.2) is 17.1 Å². The highest BCUT2D eigenvalue weighted by molar-refractivity contribution is 6.00. The Morgan fingerprint density at radius 1 is 0.862 bits per heavy atom. The van der Waals surface area contributed by atoms with Crippen molar-refractivity contribution in [3.63, 3.8) is 0 Å². The van der Waals surface area contributed by atoms with Crippen molar-refractivity contribution >= 4 is 23.4 Å². The molecule has 9 heteroatoms. The molecule has 0 aliphatic carbocycles. The molecule has 0 atom stereocenters. The van der Waals surface area contributed by atoms with Crippen molar-refractivity contribution in [3.8, 4) is 23.0 Å². The maximum atomic E-state index is 12.3. The van der Waals surface area contributed by atoms with Crippen LogP contribution in [0.25, 0.3) is 0 Å². The maximum Gasteiger partial charge on any atom is 0.347 e. The first kappa shape index (κ1) is 21.7. The first-order valence-corrected chi connectivity index (χ1v) is 8.60. The molecule has 2 rings (SSSR count). The lowest BCUT2D eigenvalue weighted by molar-refractivity contribution is -0.152. The highest BCUT2D eigenvalue weighted by Gasteiger charge is 2.29. The molecule has 0 fully saturated rings. The summed E-state index contributed by atoms with van der Waals surface area (Å²) in [6.45, 7) is 2.90. The van der Waals surface area contributed by atoms with E-state index >= 15 is 0 Å². The molecule has 9 nitrogen and oxygen atoms in total. The number of rotatable bonds is 8. The fourth-order valence-corrected chi connectivity index (χ4v) is 2.39. The summed E-state index contributed by atoms with van der Waals surface area (Å²) in [6, 6.07) is 9.06. The number of benzene rings is 2. The van der Waals surface area contributed by atoms with E-state index in [1.807, 2.05) is 0 Å². The van der Waals surface area contributed by atoms with Crippen molar-refractivity contribution in [2.45, 2.75) is 19.4 Å². The zero-order valence-corrected chi connectivity index (χ0v) is 16.9. The SMILES string of the molecule is COc1cc(NC(=O)Nc2ccc(OC(C)(C)C(=O)O)cc2)cc(OC)c1OC. The fourth-order valence-electron chi connectivity index (χ4n) is 2.39. The molecule has 0 bridgehead atoms. The zero-order valence-electron chi connectivity index (χ0n) is 16.9. The van der Waals surface area contributed by atoms with Crippen LogP contribution in [0, 0.1) is 0 Å². The minimum absolute atomic E-state index is 0.369. The van der Waals surface area contributed by atoms with Crippen LogP contribution in [0.5, 0.6) is 23.0 Å². The number of methoxy groups -OCH3 is 3. The molecule has 0 saturated heterocycles. The van der Waals surface area contributed by atoms with E-state index in [1.165, 1.54) is 35.2 Å².